The molecule has 0 spiro atoms. The average Bonchev–Trinajstić information content (AvgIpc) is 2.55. The van der Waals surface area contributed by atoms with Crippen LogP contribution >= 0.6 is 0 Å². The fourth-order valence-electron chi connectivity index (χ4n) is 1.29. The van der Waals surface area contributed by atoms with Gasteiger partial charge in [-0.3, -0.25) is 9.59 Å². The molecule has 0 rings (SSSR count). The molecule has 0 aliphatic carbocycles. The van der Waals surface area contributed by atoms with E-state index < -0.39 is 36.0 Å². The van der Waals surface area contributed by atoms with Gasteiger partial charge in [0.25, 0.3) is 0 Å². The average molecular weight is 382 g/mol. The van der Waals surface area contributed by atoms with Gasteiger partial charge in [-0.2, -0.15) is 0 Å². The van der Waals surface area contributed by atoms with Crippen molar-refractivity contribution in [2.24, 2.45) is 22.9 Å². The van der Waals surface area contributed by atoms with Crippen LogP contribution in [0.1, 0.15) is 38.5 Å². The first-order chi connectivity index (χ1) is 12.0. The van der Waals surface area contributed by atoms with Gasteiger partial charge in [-0.15, -0.1) is 0 Å². The van der Waals surface area contributed by atoms with Crippen LogP contribution < -0.4 is 22.9 Å². The highest BCUT2D eigenvalue weighted by atomic mass is 16.4. The van der Waals surface area contributed by atoms with Crippen molar-refractivity contribution in [3.05, 3.63) is 0 Å². The molecule has 0 bridgehead atoms. The van der Waals surface area contributed by atoms with Crippen molar-refractivity contribution in [3.8, 4) is 0 Å². The molecule has 2 unspecified atom stereocenters. The van der Waals surface area contributed by atoms with E-state index >= 15 is 0 Å². The van der Waals surface area contributed by atoms with Gasteiger partial charge >= 0.3 is 23.9 Å². The van der Waals surface area contributed by atoms with E-state index in [4.69, 9.17) is 52.9 Å². The molecule has 12 nitrogen and oxygen atoms in total. The van der Waals surface area contributed by atoms with Gasteiger partial charge in [-0.1, -0.05) is 19.3 Å². The fourth-order valence-corrected chi connectivity index (χ4v) is 1.29. The van der Waals surface area contributed by atoms with Crippen LogP contribution in [-0.2, 0) is 19.2 Å². The minimum absolute atomic E-state index is 0.327. The van der Waals surface area contributed by atoms with Crippen molar-refractivity contribution in [2.45, 2.75) is 50.6 Å². The zero-order valence-electron chi connectivity index (χ0n) is 14.5. The van der Waals surface area contributed by atoms with Gasteiger partial charge in [-0.05, 0) is 32.4 Å². The minimum Gasteiger partial charge on any atom is -0.480 e. The van der Waals surface area contributed by atoms with E-state index in [-0.39, 0.29) is 0 Å². The molecule has 0 amide bonds. The first kappa shape index (κ1) is 28.5. The molecule has 0 saturated heterocycles. The molecule has 0 aliphatic rings. The molecular weight excluding hydrogens is 352 g/mol. The lowest BCUT2D eigenvalue weighted by atomic mass is 10.1. The van der Waals surface area contributed by atoms with Crippen molar-refractivity contribution >= 4 is 23.9 Å². The van der Waals surface area contributed by atoms with Crippen LogP contribution in [0.3, 0.4) is 0 Å². The second-order valence-corrected chi connectivity index (χ2v) is 5.07. The zero-order valence-corrected chi connectivity index (χ0v) is 14.5. The quantitative estimate of drug-likeness (QED) is 0.154. The Hall–Kier alpha value is -2.28. The van der Waals surface area contributed by atoms with E-state index in [1.54, 1.807) is 0 Å². The Morgan fingerprint density at radius 3 is 1.27 bits per heavy atom. The van der Waals surface area contributed by atoms with Crippen LogP contribution in [0.2, 0.25) is 0 Å². The van der Waals surface area contributed by atoms with Crippen molar-refractivity contribution < 1.29 is 39.6 Å². The van der Waals surface area contributed by atoms with Crippen LogP contribution in [0.5, 0.6) is 0 Å². The third kappa shape index (κ3) is 24.0. The van der Waals surface area contributed by atoms with Crippen LogP contribution in [0, 0.1) is 0 Å². The van der Waals surface area contributed by atoms with Gasteiger partial charge in [0.1, 0.15) is 12.1 Å². The minimum atomic E-state index is -1.82. The van der Waals surface area contributed by atoms with Gasteiger partial charge in [0.15, 0.2) is 0 Å². The summed E-state index contributed by atoms with van der Waals surface area (Å²) in [4.78, 5) is 38.4. The highest BCUT2D eigenvalue weighted by Crippen LogP contribution is 2.03. The highest BCUT2D eigenvalue weighted by Gasteiger charge is 2.09. The summed E-state index contributed by atoms with van der Waals surface area (Å²) in [6.07, 6.45) is 4.91. The van der Waals surface area contributed by atoms with Crippen LogP contribution in [0.4, 0.5) is 0 Å². The highest BCUT2D eigenvalue weighted by molar-refractivity contribution is 6.27. The summed E-state index contributed by atoms with van der Waals surface area (Å²) in [5, 5.41) is 31.4. The van der Waals surface area contributed by atoms with E-state index in [0.717, 1.165) is 25.7 Å². The molecule has 0 aliphatic heterocycles. The number of hydrogen-bond donors (Lipinski definition) is 8. The molecule has 154 valence electrons. The molecule has 0 fully saturated rings. The maximum Gasteiger partial charge on any atom is 0.414 e. The number of rotatable bonds is 10. The number of unbranched alkanes of at least 4 members (excludes halogenated alkanes) is 3. The molecule has 0 radical (unpaired) electrons. The van der Waals surface area contributed by atoms with Crippen molar-refractivity contribution in [1.29, 1.82) is 0 Å². The summed E-state index contributed by atoms with van der Waals surface area (Å²) in [6, 6.07) is -1.48. The van der Waals surface area contributed by atoms with Crippen molar-refractivity contribution in [3.63, 3.8) is 0 Å². The Morgan fingerprint density at radius 2 is 1.00 bits per heavy atom. The molecule has 0 aromatic carbocycles. The normalized spacial score (nSPS) is 11.7. The number of hydrogen-bond acceptors (Lipinski definition) is 8. The van der Waals surface area contributed by atoms with Crippen molar-refractivity contribution in [1.82, 2.24) is 0 Å². The van der Waals surface area contributed by atoms with E-state index in [9.17, 15) is 9.59 Å². The SMILES string of the molecule is NCCC(N)C(=O)O.NCCCCCCC(N)C(=O)O.O=C(O)C(=O)O. The van der Waals surface area contributed by atoms with Gasteiger partial charge in [0, 0.05) is 0 Å². The second-order valence-electron chi connectivity index (χ2n) is 5.07. The Labute approximate surface area is 151 Å². The molecule has 26 heavy (non-hydrogen) atoms. The predicted octanol–water partition coefficient (Wildman–Crippen LogP) is -1.79. The Balaban J connectivity index is -0.000000328. The van der Waals surface area contributed by atoms with Crippen LogP contribution in [-0.4, -0.2) is 69.5 Å². The van der Waals surface area contributed by atoms with Crippen LogP contribution in [0.15, 0.2) is 0 Å². The summed E-state index contributed by atoms with van der Waals surface area (Å²) in [6.45, 7) is 1.04. The summed E-state index contributed by atoms with van der Waals surface area (Å²) in [5.74, 6) is -5.55. The van der Waals surface area contributed by atoms with Gasteiger partial charge < -0.3 is 43.4 Å². The molecule has 12 N–H and O–H groups in total. The number of carbonyl (C=O) groups is 4. The third-order valence-electron chi connectivity index (χ3n) is 2.76. The molecule has 0 heterocycles. The van der Waals surface area contributed by atoms with E-state index in [0.29, 0.717) is 25.9 Å². The van der Waals surface area contributed by atoms with Gasteiger partial charge in [0.2, 0.25) is 0 Å². The summed E-state index contributed by atoms with van der Waals surface area (Å²) < 4.78 is 0. The predicted molar refractivity (Wildman–Crippen MR) is 92.3 cm³/mol. The lowest BCUT2D eigenvalue weighted by Gasteiger charge is -2.04. The lowest BCUT2D eigenvalue weighted by molar-refractivity contribution is -0.159. The van der Waals surface area contributed by atoms with Gasteiger partial charge in [0.05, 0.1) is 0 Å². The maximum atomic E-state index is 10.3. The molecular formula is C14H30N4O8. The Bertz CT molecular complexity index is 408. The summed E-state index contributed by atoms with van der Waals surface area (Å²) in [5.41, 5.74) is 20.7. The zero-order chi connectivity index (χ0) is 21.1. The fraction of sp³-hybridized carbons (Fsp3) is 0.714. The molecule has 0 aromatic rings. The monoisotopic (exact) mass is 382 g/mol. The number of carboxylic acid groups (broad SMARTS) is 4. The molecule has 2 atom stereocenters. The number of aliphatic carboxylic acids is 4. The largest absolute Gasteiger partial charge is 0.480 e. The maximum absolute atomic E-state index is 10.3. The van der Waals surface area contributed by atoms with E-state index in [2.05, 4.69) is 0 Å². The summed E-state index contributed by atoms with van der Waals surface area (Å²) in [7, 11) is 0. The van der Waals surface area contributed by atoms with Crippen LogP contribution in [0.25, 0.3) is 0 Å². The molecule has 0 aromatic heterocycles. The number of nitrogens with two attached hydrogens (primary N) is 4. The second kappa shape index (κ2) is 19.1. The lowest BCUT2D eigenvalue weighted by Crippen LogP contribution is -2.32. The topological polar surface area (TPSA) is 253 Å². The Kier molecular flexibility index (Phi) is 20.9. The summed E-state index contributed by atoms with van der Waals surface area (Å²) >= 11 is 0. The number of carboxylic acids is 4. The smallest absolute Gasteiger partial charge is 0.414 e. The standard InChI is InChI=1S/C8H18N2O2.C4H10N2O2.C2H2O4/c9-6-4-2-1-3-5-7(10)8(11)12;5-2-1-3(6)4(7)8;3-1(4)2(5)6/h7H,1-6,9-10H2,(H,11,12);3H,1-2,5-6H2,(H,7,8);(H,3,4)(H,5,6). The molecule has 0 saturated carbocycles. The van der Waals surface area contributed by atoms with Crippen molar-refractivity contribution in [2.75, 3.05) is 13.1 Å². The first-order valence-corrected chi connectivity index (χ1v) is 7.84. The van der Waals surface area contributed by atoms with Gasteiger partial charge in [-0.25, -0.2) is 9.59 Å². The van der Waals surface area contributed by atoms with E-state index in [1.807, 2.05) is 0 Å². The molecule has 12 heteroatoms. The third-order valence-corrected chi connectivity index (χ3v) is 2.76. The first-order valence-electron chi connectivity index (χ1n) is 7.84. The Morgan fingerprint density at radius 1 is 0.615 bits per heavy atom. The van der Waals surface area contributed by atoms with E-state index in [1.165, 1.54) is 0 Å².